The zero-order chi connectivity index (χ0) is 17.2. The van der Waals surface area contributed by atoms with Crippen molar-refractivity contribution in [2.45, 2.75) is 48.7 Å². The first kappa shape index (κ1) is 16.6. The Hall–Kier alpha value is -2.22. The second-order valence-corrected chi connectivity index (χ2v) is 8.25. The topological polar surface area (TPSA) is 105 Å². The van der Waals surface area contributed by atoms with Crippen LogP contribution >= 0.6 is 0 Å². The predicted molar refractivity (Wildman–Crippen MR) is 89.3 cm³/mol. The van der Waals surface area contributed by atoms with Crippen LogP contribution in [0.4, 0.5) is 5.69 Å². The summed E-state index contributed by atoms with van der Waals surface area (Å²) in [7, 11) is -3.29. The van der Waals surface area contributed by atoms with E-state index in [-0.39, 0.29) is 34.6 Å². The van der Waals surface area contributed by atoms with Gasteiger partial charge in [0.05, 0.1) is 10.1 Å². The first-order chi connectivity index (χ1) is 11.5. The second-order valence-electron chi connectivity index (χ2n) is 6.02. The molecule has 24 heavy (non-hydrogen) atoms. The zero-order valence-corrected chi connectivity index (χ0v) is 13.9. The summed E-state index contributed by atoms with van der Waals surface area (Å²) in [5, 5.41) is 6.09. The van der Waals surface area contributed by atoms with Crippen molar-refractivity contribution in [3.63, 3.8) is 0 Å². The van der Waals surface area contributed by atoms with Crippen molar-refractivity contribution in [1.82, 2.24) is 5.43 Å². The lowest BCUT2D eigenvalue weighted by molar-refractivity contribution is -0.121. The van der Waals surface area contributed by atoms with Crippen molar-refractivity contribution in [3.8, 4) is 0 Å². The Labute approximate surface area is 140 Å². The third kappa shape index (κ3) is 3.48. The van der Waals surface area contributed by atoms with Gasteiger partial charge in [0.1, 0.15) is 5.71 Å². The number of nitrogens with zero attached hydrogens (tertiary/aromatic N) is 1. The Morgan fingerprint density at radius 3 is 2.38 bits per heavy atom. The van der Waals surface area contributed by atoms with Gasteiger partial charge >= 0.3 is 0 Å². The Balaban J connectivity index is 1.68. The lowest BCUT2D eigenvalue weighted by Crippen LogP contribution is -2.32. The summed E-state index contributed by atoms with van der Waals surface area (Å²) in [5.41, 5.74) is 3.01. The molecule has 8 heteroatoms. The van der Waals surface area contributed by atoms with Gasteiger partial charge < -0.3 is 5.32 Å². The van der Waals surface area contributed by atoms with E-state index >= 15 is 0 Å². The monoisotopic (exact) mass is 349 g/mol. The molecule has 2 N–H and O–H groups in total. The van der Waals surface area contributed by atoms with E-state index in [1.807, 2.05) is 0 Å². The molecule has 2 amide bonds. The number of carbonyl (C=O) groups excluding carboxylic acids is 2. The molecule has 0 saturated heterocycles. The van der Waals surface area contributed by atoms with Gasteiger partial charge in [0.2, 0.25) is 5.91 Å². The highest BCUT2D eigenvalue weighted by atomic mass is 32.2. The van der Waals surface area contributed by atoms with Gasteiger partial charge in [0, 0.05) is 18.5 Å². The number of benzene rings is 1. The molecule has 128 valence electrons. The van der Waals surface area contributed by atoms with Crippen molar-refractivity contribution in [2.75, 3.05) is 5.32 Å². The fraction of sp³-hybridized carbons (Fsp3) is 0.438. The van der Waals surface area contributed by atoms with E-state index in [0.717, 1.165) is 12.8 Å². The van der Waals surface area contributed by atoms with E-state index in [2.05, 4.69) is 15.8 Å². The quantitative estimate of drug-likeness (QED) is 0.861. The summed E-state index contributed by atoms with van der Waals surface area (Å²) in [6.07, 6.45) is 3.85. The van der Waals surface area contributed by atoms with E-state index in [9.17, 15) is 18.0 Å². The van der Waals surface area contributed by atoms with Crippen LogP contribution in [-0.2, 0) is 19.4 Å². The van der Waals surface area contributed by atoms with E-state index in [0.29, 0.717) is 18.5 Å². The van der Waals surface area contributed by atoms with Crippen LogP contribution in [0.15, 0.2) is 34.3 Å². The molecule has 0 radical (unpaired) electrons. The maximum atomic E-state index is 12.5. The van der Waals surface area contributed by atoms with Crippen LogP contribution in [0.2, 0.25) is 0 Å². The predicted octanol–water partition coefficient (Wildman–Crippen LogP) is 1.61. The van der Waals surface area contributed by atoms with E-state index in [1.54, 1.807) is 12.1 Å². The molecule has 1 aromatic rings. The zero-order valence-electron chi connectivity index (χ0n) is 13.1. The number of sulfone groups is 1. The molecule has 0 atom stereocenters. The minimum atomic E-state index is -3.29. The summed E-state index contributed by atoms with van der Waals surface area (Å²) >= 11 is 0. The fourth-order valence-corrected chi connectivity index (χ4v) is 4.81. The van der Waals surface area contributed by atoms with Crippen molar-refractivity contribution in [1.29, 1.82) is 0 Å². The van der Waals surface area contributed by atoms with Gasteiger partial charge in [0.25, 0.3) is 5.91 Å². The first-order valence-electron chi connectivity index (χ1n) is 7.97. The molecule has 0 bridgehead atoms. The van der Waals surface area contributed by atoms with Gasteiger partial charge in [0.15, 0.2) is 9.84 Å². The van der Waals surface area contributed by atoms with Crippen LogP contribution in [0.1, 0.15) is 38.5 Å². The van der Waals surface area contributed by atoms with Crippen LogP contribution in [0.25, 0.3) is 0 Å². The van der Waals surface area contributed by atoms with Crippen LogP contribution in [0.5, 0.6) is 0 Å². The molecule has 7 nitrogen and oxygen atoms in total. The van der Waals surface area contributed by atoms with E-state index in [1.165, 1.54) is 12.1 Å². The standard InChI is InChI=1S/C16H19N3O4S/c20-15-10-9-14(18-19-15)16(21)17-11-5-7-13(8-6-11)24(22,23)12-3-1-2-4-12/h5-8,12H,1-4,9-10H2,(H,17,21)(H,19,20). The van der Waals surface area contributed by atoms with Crippen LogP contribution in [0, 0.1) is 0 Å². The highest BCUT2D eigenvalue weighted by Crippen LogP contribution is 2.30. The van der Waals surface area contributed by atoms with E-state index < -0.39 is 15.7 Å². The molecule has 0 unspecified atom stereocenters. The highest BCUT2D eigenvalue weighted by molar-refractivity contribution is 7.92. The highest BCUT2D eigenvalue weighted by Gasteiger charge is 2.30. The molecule has 1 saturated carbocycles. The molecule has 1 aliphatic carbocycles. The summed E-state index contributed by atoms with van der Waals surface area (Å²) in [6, 6.07) is 6.19. The molecular formula is C16H19N3O4S. The average molecular weight is 349 g/mol. The lowest BCUT2D eigenvalue weighted by Gasteiger charge is -2.13. The third-order valence-corrected chi connectivity index (χ3v) is 6.63. The lowest BCUT2D eigenvalue weighted by atomic mass is 10.1. The average Bonchev–Trinajstić information content (AvgIpc) is 3.11. The Morgan fingerprint density at radius 2 is 1.79 bits per heavy atom. The van der Waals surface area contributed by atoms with Gasteiger partial charge in [-0.05, 0) is 37.1 Å². The molecule has 0 aromatic heterocycles. The molecule has 0 spiro atoms. The SMILES string of the molecule is O=C1CCC(C(=O)Nc2ccc(S(=O)(=O)C3CCCC3)cc2)=NN1. The maximum Gasteiger partial charge on any atom is 0.271 e. The van der Waals surface area contributed by atoms with Gasteiger partial charge in [-0.25, -0.2) is 13.8 Å². The number of anilines is 1. The number of hydrazone groups is 1. The van der Waals surface area contributed by atoms with Crippen LogP contribution < -0.4 is 10.7 Å². The van der Waals surface area contributed by atoms with Crippen LogP contribution in [0.3, 0.4) is 0 Å². The van der Waals surface area contributed by atoms with Crippen molar-refractivity contribution in [2.24, 2.45) is 5.10 Å². The summed E-state index contributed by atoms with van der Waals surface area (Å²) in [5.74, 6) is -0.616. The number of nitrogens with one attached hydrogen (secondary N) is 2. The number of hydrogen-bond donors (Lipinski definition) is 2. The number of carbonyl (C=O) groups is 2. The van der Waals surface area contributed by atoms with Crippen molar-refractivity contribution < 1.29 is 18.0 Å². The number of hydrogen-bond acceptors (Lipinski definition) is 5. The largest absolute Gasteiger partial charge is 0.321 e. The minimum absolute atomic E-state index is 0.215. The molecule has 3 rings (SSSR count). The minimum Gasteiger partial charge on any atom is -0.321 e. The summed E-state index contributed by atoms with van der Waals surface area (Å²) in [6.45, 7) is 0. The van der Waals surface area contributed by atoms with Crippen molar-refractivity contribution in [3.05, 3.63) is 24.3 Å². The van der Waals surface area contributed by atoms with E-state index in [4.69, 9.17) is 0 Å². The first-order valence-corrected chi connectivity index (χ1v) is 9.52. The normalized spacial score (nSPS) is 18.8. The fourth-order valence-electron chi connectivity index (χ4n) is 2.96. The molecule has 1 heterocycles. The summed E-state index contributed by atoms with van der Waals surface area (Å²) in [4.78, 5) is 23.4. The smallest absolute Gasteiger partial charge is 0.271 e. The van der Waals surface area contributed by atoms with Gasteiger partial charge in [-0.2, -0.15) is 5.10 Å². The molecule has 1 aliphatic heterocycles. The van der Waals surface area contributed by atoms with Gasteiger partial charge in [-0.15, -0.1) is 0 Å². The molecular weight excluding hydrogens is 330 g/mol. The number of amides is 2. The molecule has 2 aliphatic rings. The molecule has 1 fully saturated rings. The third-order valence-electron chi connectivity index (χ3n) is 4.35. The molecule has 1 aromatic carbocycles. The number of rotatable bonds is 4. The summed E-state index contributed by atoms with van der Waals surface area (Å²) < 4.78 is 25.0. The van der Waals surface area contributed by atoms with Crippen molar-refractivity contribution >= 4 is 33.1 Å². The Kier molecular flexibility index (Phi) is 4.66. The second kappa shape index (κ2) is 6.72. The van der Waals surface area contributed by atoms with Gasteiger partial charge in [-0.3, -0.25) is 9.59 Å². The maximum absolute atomic E-state index is 12.5. The Morgan fingerprint density at radius 1 is 1.12 bits per heavy atom. The van der Waals surface area contributed by atoms with Crippen LogP contribution in [-0.4, -0.2) is 31.2 Å². The Bertz CT molecular complexity index is 778. The van der Waals surface area contributed by atoms with Gasteiger partial charge in [-0.1, -0.05) is 12.8 Å².